The number of pyridine rings is 1. The lowest BCUT2D eigenvalue weighted by Gasteiger charge is -2.39. The van der Waals surface area contributed by atoms with E-state index in [2.05, 4.69) is 20.3 Å². The molecule has 6 heterocycles. The molecule has 4 aliphatic heterocycles. The fourth-order valence-electron chi connectivity index (χ4n) is 12.0. The van der Waals surface area contributed by atoms with E-state index in [9.17, 15) is 98.5 Å². The Morgan fingerprint density at radius 1 is 0.667 bits per heavy atom. The van der Waals surface area contributed by atoms with Crippen molar-refractivity contribution in [3.05, 3.63) is 118 Å². The first-order valence-electron chi connectivity index (χ1n) is 31.8. The van der Waals surface area contributed by atoms with Gasteiger partial charge in [0.05, 0.1) is 37.3 Å². The minimum Gasteiger partial charge on any atom is -0.497 e. The van der Waals surface area contributed by atoms with Crippen LogP contribution in [0, 0.1) is 10.8 Å². The molecule has 40 heteroatoms. The molecule has 3 amide bonds. The van der Waals surface area contributed by atoms with Crippen LogP contribution in [0.1, 0.15) is 70.4 Å². The van der Waals surface area contributed by atoms with Crippen LogP contribution >= 0.6 is 11.6 Å². The molecule has 4 aliphatic rings. The second-order valence-electron chi connectivity index (χ2n) is 26.6. The number of carbonyl (C=O) groups excluding carboxylic acids is 3. The molecule has 6 aromatic rings. The van der Waals surface area contributed by atoms with Crippen LogP contribution in [0.2, 0.25) is 0 Å². The zero-order valence-corrected chi connectivity index (χ0v) is 57.8. The number of amides is 3. The SMILES string of the molecule is COc1ccc2c(OS(=O)(=O)Oc3cc(C(=O)N(C)CC(C)(C)COCC(C)(C)CN=[N+]=[N-])ccc3O[C@@H]3O[C@H](C(=O)O)[C@@H](O)[C@H](O)[C@H]3O)cc3c(c2c1)[C@H](CCl)CN3C(=O)c1cn2cc(NC(=O)c3ccc(O[C@@H]4O[C@H](C(=O)O)[C@@H](O)[C@H](O)[C@H]4O)cc3O[C@@H]3O[C@H](C(=O)O)[C@@H](O)[C@H](O)[C@H]3O)ccc2n1. The predicted octanol–water partition coefficient (Wildman–Crippen LogP) is 0.698. The molecule has 2 aromatic heterocycles. The van der Waals surface area contributed by atoms with Gasteiger partial charge in [-0.05, 0) is 82.6 Å². The Balaban J connectivity index is 0.936. The van der Waals surface area contributed by atoms with Gasteiger partial charge in [-0.3, -0.25) is 14.4 Å². The fourth-order valence-corrected chi connectivity index (χ4v) is 13.0. The summed E-state index contributed by atoms with van der Waals surface area (Å²) < 4.78 is 86.4. The van der Waals surface area contributed by atoms with Crippen molar-refractivity contribution in [2.45, 2.75) is 126 Å². The number of ether oxygens (including phenoxy) is 8. The number of hydrogen-bond donors (Lipinski definition) is 13. The van der Waals surface area contributed by atoms with Gasteiger partial charge in [-0.15, -0.1) is 20.0 Å². The quantitative estimate of drug-likeness (QED) is 0.0146. The van der Waals surface area contributed by atoms with Gasteiger partial charge in [-0.1, -0.05) is 32.8 Å². The number of nitrogens with zero attached hydrogens (tertiary/aromatic N) is 7. The first-order valence-corrected chi connectivity index (χ1v) is 33.7. The number of carbonyl (C=O) groups is 6. The van der Waals surface area contributed by atoms with Crippen molar-refractivity contribution in [1.29, 1.82) is 0 Å². The number of halogens is 1. The number of rotatable bonds is 27. The third-order valence-corrected chi connectivity index (χ3v) is 18.4. The number of carboxylic acids is 3. The number of carboxylic acid groups (broad SMARTS) is 3. The highest BCUT2D eigenvalue weighted by molar-refractivity contribution is 7.82. The molecular weight excluding hydrogens is 1440 g/mol. The van der Waals surface area contributed by atoms with E-state index in [0.29, 0.717) is 5.56 Å². The van der Waals surface area contributed by atoms with E-state index in [1.54, 1.807) is 0 Å². The molecular formula is C65H73ClN8O30S. The molecule has 0 radical (unpaired) electrons. The van der Waals surface area contributed by atoms with Crippen molar-refractivity contribution in [3.63, 3.8) is 0 Å². The van der Waals surface area contributed by atoms with E-state index in [4.69, 9.17) is 63.4 Å². The third-order valence-electron chi connectivity index (χ3n) is 17.3. The average Bonchev–Trinajstić information content (AvgIpc) is 1.61. The Hall–Kier alpha value is -9.52. The number of nitrogens with one attached hydrogen (secondary N) is 1. The lowest BCUT2D eigenvalue weighted by atomic mass is 9.92. The van der Waals surface area contributed by atoms with Crippen LogP contribution in [0.25, 0.3) is 26.9 Å². The number of imidazole rings is 1. The molecule has 105 heavy (non-hydrogen) atoms. The summed E-state index contributed by atoms with van der Waals surface area (Å²) in [6.45, 7) is 7.71. The Morgan fingerprint density at radius 2 is 1.23 bits per heavy atom. The van der Waals surface area contributed by atoms with Crippen LogP contribution in [-0.2, 0) is 43.7 Å². The maximum Gasteiger partial charge on any atom is 0.501 e. The number of azide groups is 1. The van der Waals surface area contributed by atoms with Gasteiger partial charge in [-0.2, -0.15) is 0 Å². The van der Waals surface area contributed by atoms with E-state index in [1.807, 2.05) is 27.7 Å². The molecule has 0 bridgehead atoms. The minimum absolute atomic E-state index is 0.00322. The molecule has 3 saturated heterocycles. The van der Waals surface area contributed by atoms with E-state index < -0.39 is 189 Å². The van der Waals surface area contributed by atoms with E-state index in [-0.39, 0.29) is 83.5 Å². The zero-order valence-electron chi connectivity index (χ0n) is 56.2. The summed E-state index contributed by atoms with van der Waals surface area (Å²) >= 11 is 6.64. The van der Waals surface area contributed by atoms with Crippen LogP contribution in [0.15, 0.2) is 90.3 Å². The van der Waals surface area contributed by atoms with Crippen molar-refractivity contribution < 1.29 is 145 Å². The number of aliphatic hydroxyl groups is 9. The summed E-state index contributed by atoms with van der Waals surface area (Å²) in [5.74, 6) is -11.2. The number of fused-ring (bicyclic) bond motifs is 4. The minimum atomic E-state index is -5.50. The molecule has 16 atom stereocenters. The van der Waals surface area contributed by atoms with Crippen molar-refractivity contribution >= 4 is 85.4 Å². The van der Waals surface area contributed by atoms with Gasteiger partial charge >= 0.3 is 28.3 Å². The Morgan fingerprint density at radius 3 is 1.80 bits per heavy atom. The molecule has 0 saturated carbocycles. The van der Waals surface area contributed by atoms with Gasteiger partial charge in [0.25, 0.3) is 17.7 Å². The molecule has 4 aromatic carbocycles. The lowest BCUT2D eigenvalue weighted by Crippen LogP contribution is -2.61. The number of alkyl halides is 1. The molecule has 38 nitrogen and oxygen atoms in total. The molecule has 13 N–H and O–H groups in total. The first kappa shape index (κ1) is 78.1. The number of anilines is 2. The van der Waals surface area contributed by atoms with Crippen molar-refractivity contribution in [1.82, 2.24) is 14.3 Å². The summed E-state index contributed by atoms with van der Waals surface area (Å²) in [4.78, 5) is 89.3. The van der Waals surface area contributed by atoms with Crippen LogP contribution in [0.4, 0.5) is 11.4 Å². The molecule has 3 fully saturated rings. The predicted molar refractivity (Wildman–Crippen MR) is 356 cm³/mol. The zero-order chi connectivity index (χ0) is 76.6. The monoisotopic (exact) mass is 1510 g/mol. The highest BCUT2D eigenvalue weighted by Gasteiger charge is 2.52. The van der Waals surface area contributed by atoms with Gasteiger partial charge in [-0.25, -0.2) is 19.4 Å². The van der Waals surface area contributed by atoms with E-state index >= 15 is 0 Å². The van der Waals surface area contributed by atoms with Crippen LogP contribution in [-0.4, -0.2) is 265 Å². The Bertz CT molecular complexity index is 4480. The molecule has 0 spiro atoms. The van der Waals surface area contributed by atoms with Crippen molar-refractivity contribution in [2.24, 2.45) is 15.9 Å². The first-order chi connectivity index (χ1) is 49.4. The highest BCUT2D eigenvalue weighted by atomic mass is 35.5. The van der Waals surface area contributed by atoms with Crippen molar-refractivity contribution in [3.8, 4) is 34.5 Å². The second-order valence-corrected chi connectivity index (χ2v) is 28.0. The number of benzene rings is 4. The van der Waals surface area contributed by atoms with Crippen LogP contribution in [0.3, 0.4) is 0 Å². The summed E-state index contributed by atoms with van der Waals surface area (Å²) in [5.41, 5.74) is 7.27. The van der Waals surface area contributed by atoms with Gasteiger partial charge in [0.2, 0.25) is 18.9 Å². The average molecular weight is 1510 g/mol. The summed E-state index contributed by atoms with van der Waals surface area (Å²) in [5, 5.41) is 131. The number of methoxy groups -OCH3 is 1. The van der Waals surface area contributed by atoms with Gasteiger partial charge in [0.15, 0.2) is 35.6 Å². The number of hydrogen-bond acceptors (Lipinski definition) is 29. The molecule has 566 valence electrons. The maximum absolute atomic E-state index is 15.0. The van der Waals surface area contributed by atoms with Crippen LogP contribution in [0.5, 0.6) is 34.5 Å². The van der Waals surface area contributed by atoms with Crippen molar-refractivity contribution in [2.75, 3.05) is 63.1 Å². The number of aromatic nitrogens is 2. The fraction of sp³-hybridized carbons (Fsp3) is 0.462. The molecule has 10 rings (SSSR count). The molecule has 0 aliphatic carbocycles. The van der Waals surface area contributed by atoms with E-state index in [0.717, 1.165) is 30.3 Å². The Labute approximate surface area is 599 Å². The normalized spacial score (nSPS) is 26.2. The number of aliphatic carboxylic acids is 3. The van der Waals surface area contributed by atoms with Crippen LogP contribution < -0.4 is 37.5 Å². The largest absolute Gasteiger partial charge is 0.501 e. The standard InChI is InChI=1S/C65H73ClN8O30S/c1-64(2,23-68-71-67)25-96-26-65(3,4)24-72(5)56(85)27-7-13-37(98-62-50(82)44(76)47(79)53(101-62)59(89)90)40(15-27)104-105(93,94)103-39-18-36-42(34-16-30(95-6)9-11-32(34)39)28(19-66)20-74(36)57(86)35-22-73-21-29(8-14-41(73)70-35)69-55(84)33-12-10-31(97-61-49(81)43(75)46(78)52(100-61)58(87)88)17-38(33)99-63-51(83)45(77)48(80)54(102-63)60(91)92/h7-18,21-22,28,43-54,61-63,75-83H,19-20,23-26H2,1-6H3,(H,69,84)(H,87,88)(H,89,90)(H,91,92)/t28-,43+,44+,45+,46+,47+,48+,49-,50-,51-,52+,53+,54+,61-,62-,63-/m1/s1. The lowest BCUT2D eigenvalue weighted by molar-refractivity contribution is -0.272. The maximum atomic E-state index is 15.0. The smallest absolute Gasteiger partial charge is 0.497 e. The number of aliphatic hydroxyl groups excluding tert-OH is 9. The van der Waals surface area contributed by atoms with E-state index in [1.165, 1.54) is 83.2 Å². The van der Waals surface area contributed by atoms with Gasteiger partial charge < -0.3 is 127 Å². The molecule has 0 unspecified atom stereocenters. The second kappa shape index (κ2) is 31.3. The summed E-state index contributed by atoms with van der Waals surface area (Å²) in [6.07, 6.45) is -29.4. The summed E-state index contributed by atoms with van der Waals surface area (Å²) in [7, 11) is -2.68. The van der Waals surface area contributed by atoms with Gasteiger partial charge in [0.1, 0.15) is 83.5 Å². The third kappa shape index (κ3) is 16.9. The Kier molecular flexibility index (Phi) is 23.3. The van der Waals surface area contributed by atoms with Gasteiger partial charge in [0, 0.05) is 84.3 Å². The highest BCUT2D eigenvalue weighted by Crippen LogP contribution is 2.48. The topological polar surface area (TPSA) is 556 Å². The summed E-state index contributed by atoms with van der Waals surface area (Å²) in [6, 6.07) is 14.6.